The highest BCUT2D eigenvalue weighted by Crippen LogP contribution is 2.59. The predicted octanol–water partition coefficient (Wildman–Crippen LogP) is 13.1. The van der Waals surface area contributed by atoms with E-state index in [0.717, 1.165) is 34.3 Å². The molecule has 8 aromatic carbocycles. The van der Waals surface area contributed by atoms with Gasteiger partial charge in [-0.2, -0.15) is 18.3 Å². The zero-order valence-electron chi connectivity index (χ0n) is 34.3. The third-order valence-electron chi connectivity index (χ3n) is 14.6. The van der Waals surface area contributed by atoms with Crippen LogP contribution in [0.5, 0.6) is 11.5 Å². The fourth-order valence-corrected chi connectivity index (χ4v) is 12.1. The molecule has 0 bridgehead atoms. The van der Waals surface area contributed by atoms with Crippen LogP contribution in [-0.2, 0) is 5.66 Å². The number of para-hydroxylation sites is 2. The van der Waals surface area contributed by atoms with Gasteiger partial charge in [0.1, 0.15) is 39.3 Å². The third kappa shape index (κ3) is 3.81. The summed E-state index contributed by atoms with van der Waals surface area (Å²) in [6.07, 6.45) is 0. The summed E-state index contributed by atoms with van der Waals surface area (Å²) >= 11 is 0. The molecular weight excluding hydrogens is 781 g/mol. The van der Waals surface area contributed by atoms with Gasteiger partial charge in [0.05, 0.1) is 5.39 Å². The second-order valence-corrected chi connectivity index (χ2v) is 17.7. The fourth-order valence-electron chi connectivity index (χ4n) is 12.1. The van der Waals surface area contributed by atoms with Gasteiger partial charge in [-0.3, -0.25) is 0 Å². The predicted molar refractivity (Wildman–Crippen MR) is 254 cm³/mol. The summed E-state index contributed by atoms with van der Waals surface area (Å²) in [7, 11) is 0. The molecular formula is C59H34N4O+2. The molecule has 0 saturated carbocycles. The van der Waals surface area contributed by atoms with Gasteiger partial charge in [0.15, 0.2) is 16.9 Å². The van der Waals surface area contributed by atoms with E-state index in [0.29, 0.717) is 0 Å². The SMILES string of the molecule is c1ccc(-c2ccc(-c3cc4[n+]5c(c3)-n3c6ccccc6c6ccc7c(c63)C53c5c(cccc5-n5c6ccccc6c6c(-c8ccc(-c9ccccc9)cc8)cc-4[n+]3c65)O7)cc2)cc1. The molecule has 4 aliphatic rings. The monoisotopic (exact) mass is 814 g/mol. The summed E-state index contributed by atoms with van der Waals surface area (Å²) in [5, 5.41) is 4.94. The van der Waals surface area contributed by atoms with E-state index in [1.807, 2.05) is 0 Å². The van der Waals surface area contributed by atoms with Crippen LogP contribution in [0.2, 0.25) is 0 Å². The normalized spacial score (nSPS) is 15.4. The lowest BCUT2D eigenvalue weighted by Gasteiger charge is -2.38. The first-order chi connectivity index (χ1) is 31.8. The summed E-state index contributed by atoms with van der Waals surface area (Å²) in [4.78, 5) is 0. The molecule has 0 radical (unpaired) electrons. The van der Waals surface area contributed by atoms with Gasteiger partial charge in [0.25, 0.3) is 5.82 Å². The van der Waals surface area contributed by atoms with Gasteiger partial charge in [-0.1, -0.05) is 140 Å². The molecule has 16 rings (SSSR count). The van der Waals surface area contributed by atoms with E-state index in [1.165, 1.54) is 99.5 Å². The Morgan fingerprint density at radius 1 is 0.391 bits per heavy atom. The highest BCUT2D eigenvalue weighted by Gasteiger charge is 2.69. The molecule has 1 unspecified atom stereocenters. The average Bonchev–Trinajstić information content (AvgIpc) is 3.99. The van der Waals surface area contributed by atoms with Crippen LogP contribution in [0.1, 0.15) is 11.1 Å². The van der Waals surface area contributed by atoms with Crippen molar-refractivity contribution in [3.8, 4) is 78.9 Å². The number of rotatable bonds is 4. The zero-order chi connectivity index (χ0) is 41.4. The smallest absolute Gasteiger partial charge is 0.323 e. The van der Waals surface area contributed by atoms with Crippen LogP contribution in [0.4, 0.5) is 0 Å². The number of nitrogens with zero attached hydrogens (tertiary/aromatic N) is 4. The van der Waals surface area contributed by atoms with Crippen molar-refractivity contribution in [1.82, 2.24) is 9.13 Å². The number of ether oxygens (including phenoxy) is 1. The van der Waals surface area contributed by atoms with Crippen LogP contribution >= 0.6 is 0 Å². The van der Waals surface area contributed by atoms with E-state index in [9.17, 15) is 0 Å². The fraction of sp³-hybridized carbons (Fsp3) is 0.0169. The molecule has 294 valence electrons. The summed E-state index contributed by atoms with van der Waals surface area (Å²) < 4.78 is 17.5. The molecule has 4 aliphatic heterocycles. The summed E-state index contributed by atoms with van der Waals surface area (Å²) in [6.45, 7) is 0. The molecule has 4 aromatic heterocycles. The summed E-state index contributed by atoms with van der Waals surface area (Å²) in [6, 6.07) is 76.0. The Bertz CT molecular complexity index is 4070. The lowest BCUT2D eigenvalue weighted by Crippen LogP contribution is -2.75. The Kier molecular flexibility index (Phi) is 5.94. The highest BCUT2D eigenvalue weighted by atomic mass is 16.5. The van der Waals surface area contributed by atoms with Gasteiger partial charge in [-0.05, 0) is 99.6 Å². The third-order valence-corrected chi connectivity index (χ3v) is 14.6. The Labute approximate surface area is 367 Å². The molecule has 5 heteroatoms. The Hall–Kier alpha value is -8.54. The first-order valence-corrected chi connectivity index (χ1v) is 22.1. The topological polar surface area (TPSA) is 26.8 Å². The van der Waals surface area contributed by atoms with Crippen molar-refractivity contribution in [2.45, 2.75) is 5.66 Å². The molecule has 64 heavy (non-hydrogen) atoms. The Balaban J connectivity index is 1.09. The molecule has 0 amide bonds. The van der Waals surface area contributed by atoms with Crippen LogP contribution in [-0.4, -0.2) is 9.13 Å². The molecule has 1 spiro atoms. The van der Waals surface area contributed by atoms with Gasteiger partial charge >= 0.3 is 11.3 Å². The van der Waals surface area contributed by atoms with Crippen molar-refractivity contribution < 1.29 is 13.9 Å². The van der Waals surface area contributed by atoms with Gasteiger partial charge in [-0.25, -0.2) is 0 Å². The summed E-state index contributed by atoms with van der Waals surface area (Å²) in [5.41, 5.74) is 19.4. The van der Waals surface area contributed by atoms with Crippen molar-refractivity contribution in [3.63, 3.8) is 0 Å². The highest BCUT2D eigenvalue weighted by molar-refractivity contribution is 6.16. The maximum Gasteiger partial charge on any atom is 0.323 e. The van der Waals surface area contributed by atoms with Crippen LogP contribution in [0, 0.1) is 0 Å². The molecule has 0 fully saturated rings. The van der Waals surface area contributed by atoms with E-state index < -0.39 is 5.66 Å². The van der Waals surface area contributed by atoms with Gasteiger partial charge in [-0.15, -0.1) is 0 Å². The molecule has 8 heterocycles. The van der Waals surface area contributed by atoms with Crippen molar-refractivity contribution in [2.75, 3.05) is 0 Å². The molecule has 5 nitrogen and oxygen atoms in total. The lowest BCUT2D eigenvalue weighted by molar-refractivity contribution is -0.927. The van der Waals surface area contributed by atoms with Crippen LogP contribution < -0.4 is 13.9 Å². The number of pyridine rings is 2. The van der Waals surface area contributed by atoms with E-state index >= 15 is 0 Å². The lowest BCUT2D eigenvalue weighted by atomic mass is 9.82. The molecule has 0 aliphatic carbocycles. The minimum absolute atomic E-state index is 0.780. The number of hydrogen-bond donors (Lipinski definition) is 0. The second kappa shape index (κ2) is 11.5. The van der Waals surface area contributed by atoms with E-state index in [2.05, 4.69) is 225 Å². The molecule has 12 aromatic rings. The van der Waals surface area contributed by atoms with Gasteiger partial charge in [0.2, 0.25) is 0 Å². The van der Waals surface area contributed by atoms with Crippen LogP contribution in [0.25, 0.3) is 111 Å². The number of aromatic nitrogens is 4. The van der Waals surface area contributed by atoms with E-state index in [-0.39, 0.29) is 0 Å². The van der Waals surface area contributed by atoms with Gasteiger partial charge in [0, 0.05) is 27.8 Å². The number of hydrogen-bond acceptors (Lipinski definition) is 1. The van der Waals surface area contributed by atoms with E-state index in [4.69, 9.17) is 4.74 Å². The Morgan fingerprint density at radius 2 is 0.969 bits per heavy atom. The molecule has 0 N–H and O–H groups in total. The van der Waals surface area contributed by atoms with Crippen LogP contribution in [0.15, 0.2) is 206 Å². The van der Waals surface area contributed by atoms with Crippen molar-refractivity contribution >= 4 is 43.7 Å². The van der Waals surface area contributed by atoms with E-state index in [1.54, 1.807) is 0 Å². The zero-order valence-corrected chi connectivity index (χ0v) is 34.3. The van der Waals surface area contributed by atoms with Crippen LogP contribution in [0.3, 0.4) is 0 Å². The maximum absolute atomic E-state index is 7.14. The molecule has 1 atom stereocenters. The molecule has 0 saturated heterocycles. The quantitative estimate of drug-likeness (QED) is 0.163. The second-order valence-electron chi connectivity index (χ2n) is 17.7. The largest absolute Gasteiger partial charge is 0.456 e. The Morgan fingerprint density at radius 3 is 1.69 bits per heavy atom. The first-order valence-electron chi connectivity index (χ1n) is 22.1. The average molecular weight is 815 g/mol. The summed E-state index contributed by atoms with van der Waals surface area (Å²) in [5.74, 6) is 2.91. The van der Waals surface area contributed by atoms with Crippen molar-refractivity contribution in [1.29, 1.82) is 0 Å². The minimum atomic E-state index is -0.780. The van der Waals surface area contributed by atoms with Crippen molar-refractivity contribution in [2.24, 2.45) is 0 Å². The van der Waals surface area contributed by atoms with Crippen molar-refractivity contribution in [3.05, 3.63) is 217 Å². The standard InChI is InChI=1S/C59H34N4O/c1-3-12-35(13-4-1)37-22-24-39(25-23-37)41-32-49-50-34-45(40-28-26-38(27-29-40)36-14-5-2-6-15-36)54-44-17-8-10-19-47(44)60-48-20-11-21-51-55(48)59(63(50)58(54)60)56-52(64-51)31-30-43-42-16-7-9-18-46(42)61(57(43)56)53(33-41)62(49)59/h1-34H/q+2. The maximum atomic E-state index is 7.14. The minimum Gasteiger partial charge on any atom is -0.456 e. The number of benzene rings is 8. The first kappa shape index (κ1) is 33.1. The number of fused-ring (bicyclic) bond motifs is 9. The van der Waals surface area contributed by atoms with Gasteiger partial charge < -0.3 is 4.74 Å².